The zero-order chi connectivity index (χ0) is 24.6. The predicted molar refractivity (Wildman–Crippen MR) is 133 cm³/mol. The molecule has 176 valence electrons. The van der Waals surface area contributed by atoms with Crippen molar-refractivity contribution >= 4 is 34.6 Å². The number of ether oxygens (including phenoxy) is 2. The van der Waals surface area contributed by atoms with Crippen LogP contribution >= 0.6 is 0 Å². The number of anilines is 1. The van der Waals surface area contributed by atoms with E-state index in [9.17, 15) is 14.0 Å². The molecule has 0 radical (unpaired) electrons. The molecule has 35 heavy (non-hydrogen) atoms. The predicted octanol–water partition coefficient (Wildman–Crippen LogP) is 4.77. The second kappa shape index (κ2) is 10.9. The van der Waals surface area contributed by atoms with Gasteiger partial charge in [0.15, 0.2) is 11.5 Å². The fourth-order valence-electron chi connectivity index (χ4n) is 3.32. The van der Waals surface area contributed by atoms with E-state index in [0.717, 1.165) is 22.5 Å². The largest absolute Gasteiger partial charge is 0.493 e. The van der Waals surface area contributed by atoms with E-state index in [2.05, 4.69) is 15.8 Å². The quantitative estimate of drug-likeness (QED) is 0.167. The summed E-state index contributed by atoms with van der Waals surface area (Å²) in [6, 6.07) is 23.8. The zero-order valence-electron chi connectivity index (χ0n) is 18.8. The first-order valence-corrected chi connectivity index (χ1v) is 10.7. The summed E-state index contributed by atoms with van der Waals surface area (Å²) < 4.78 is 24.0. The number of rotatable bonds is 8. The Hall–Kier alpha value is -4.72. The molecule has 0 atom stereocenters. The van der Waals surface area contributed by atoms with E-state index in [1.54, 1.807) is 12.1 Å². The fraction of sp³-hybridized carbons (Fsp3) is 0.0741. The van der Waals surface area contributed by atoms with Gasteiger partial charge < -0.3 is 14.8 Å². The van der Waals surface area contributed by atoms with Gasteiger partial charge in [-0.25, -0.2) is 14.6 Å². The summed E-state index contributed by atoms with van der Waals surface area (Å²) in [5.74, 6) is -1.12. The van der Waals surface area contributed by atoms with Gasteiger partial charge in [0.25, 0.3) is 5.91 Å². The van der Waals surface area contributed by atoms with E-state index in [-0.39, 0.29) is 29.5 Å². The lowest BCUT2D eigenvalue weighted by Gasteiger charge is -2.10. The minimum atomic E-state index is -0.713. The number of esters is 1. The Labute approximate surface area is 201 Å². The van der Waals surface area contributed by atoms with Crippen molar-refractivity contribution in [2.75, 3.05) is 19.0 Å². The Morgan fingerprint density at radius 2 is 1.74 bits per heavy atom. The van der Waals surface area contributed by atoms with Gasteiger partial charge in [-0.15, -0.1) is 0 Å². The van der Waals surface area contributed by atoms with Crippen molar-refractivity contribution in [3.8, 4) is 11.5 Å². The van der Waals surface area contributed by atoms with Crippen LogP contribution in [0.3, 0.4) is 0 Å². The molecule has 2 N–H and O–H groups in total. The molecule has 0 aliphatic rings. The maximum atomic E-state index is 13.4. The first kappa shape index (κ1) is 23.4. The average Bonchev–Trinajstić information content (AvgIpc) is 2.88. The van der Waals surface area contributed by atoms with Crippen LogP contribution in [0.1, 0.15) is 15.9 Å². The number of nitrogens with zero attached hydrogens (tertiary/aromatic N) is 1. The Morgan fingerprint density at radius 1 is 0.914 bits per heavy atom. The number of fused-ring (bicyclic) bond motifs is 1. The molecule has 4 aromatic rings. The molecule has 0 saturated carbocycles. The monoisotopic (exact) mass is 471 g/mol. The Bertz CT molecular complexity index is 1400. The number of nitrogens with one attached hydrogen (secondary N) is 2. The second-order valence-electron chi connectivity index (χ2n) is 7.52. The molecule has 0 aliphatic heterocycles. The van der Waals surface area contributed by atoms with Crippen molar-refractivity contribution in [3.63, 3.8) is 0 Å². The molecular weight excluding hydrogens is 449 g/mol. The number of hydrogen-bond acceptors (Lipinski definition) is 6. The highest BCUT2D eigenvalue weighted by Crippen LogP contribution is 2.28. The van der Waals surface area contributed by atoms with Crippen molar-refractivity contribution in [1.29, 1.82) is 0 Å². The van der Waals surface area contributed by atoms with Crippen molar-refractivity contribution in [2.24, 2.45) is 5.10 Å². The third-order valence-electron chi connectivity index (χ3n) is 5.06. The molecule has 0 aliphatic carbocycles. The maximum absolute atomic E-state index is 13.4. The van der Waals surface area contributed by atoms with Crippen LogP contribution in [-0.4, -0.2) is 31.7 Å². The number of methoxy groups -OCH3 is 1. The summed E-state index contributed by atoms with van der Waals surface area (Å²) in [4.78, 5) is 24.4. The first-order valence-electron chi connectivity index (χ1n) is 10.7. The molecule has 4 aromatic carbocycles. The number of halogens is 1. The third-order valence-corrected chi connectivity index (χ3v) is 5.06. The Balaban J connectivity index is 1.32. The lowest BCUT2D eigenvalue weighted by molar-refractivity contribution is -0.119. The number of hydrogen-bond donors (Lipinski definition) is 2. The molecule has 0 saturated heterocycles. The van der Waals surface area contributed by atoms with Crippen molar-refractivity contribution in [1.82, 2.24) is 5.43 Å². The van der Waals surface area contributed by atoms with Crippen LogP contribution < -0.4 is 20.2 Å². The second-order valence-corrected chi connectivity index (χ2v) is 7.52. The summed E-state index contributed by atoms with van der Waals surface area (Å²) in [7, 11) is 1.43. The van der Waals surface area contributed by atoms with Gasteiger partial charge in [-0.05, 0) is 64.9 Å². The Morgan fingerprint density at radius 3 is 2.54 bits per heavy atom. The minimum absolute atomic E-state index is 0.0496. The highest BCUT2D eigenvalue weighted by atomic mass is 19.1. The topological polar surface area (TPSA) is 89.0 Å². The third kappa shape index (κ3) is 6.20. The highest BCUT2D eigenvalue weighted by molar-refractivity contribution is 5.92. The SMILES string of the molecule is COc1cc(C=NNC(=O)CNc2ccc3ccccc3c2)ccc1OC(=O)c1cccc(F)c1. The van der Waals surface area contributed by atoms with E-state index in [1.807, 2.05) is 42.5 Å². The van der Waals surface area contributed by atoms with Gasteiger partial charge in [0, 0.05) is 5.69 Å². The summed E-state index contributed by atoms with van der Waals surface area (Å²) in [5, 5.41) is 9.23. The molecule has 0 aromatic heterocycles. The van der Waals surface area contributed by atoms with Crippen LogP contribution in [-0.2, 0) is 4.79 Å². The molecule has 4 rings (SSSR count). The molecule has 1 amide bonds. The summed E-state index contributed by atoms with van der Waals surface area (Å²) >= 11 is 0. The molecule has 0 bridgehead atoms. The normalized spacial score (nSPS) is 10.8. The molecule has 7 nitrogen and oxygen atoms in total. The Kier molecular flexibility index (Phi) is 7.32. The smallest absolute Gasteiger partial charge is 0.343 e. The van der Waals surface area contributed by atoms with Crippen LogP contribution in [0, 0.1) is 5.82 Å². The molecule has 0 spiro atoms. The zero-order valence-corrected chi connectivity index (χ0v) is 18.8. The van der Waals surface area contributed by atoms with Gasteiger partial charge in [0.05, 0.1) is 25.4 Å². The van der Waals surface area contributed by atoms with Crippen molar-refractivity contribution in [2.45, 2.75) is 0 Å². The number of amides is 1. The van der Waals surface area contributed by atoms with Gasteiger partial charge in [0.2, 0.25) is 0 Å². The van der Waals surface area contributed by atoms with Gasteiger partial charge in [-0.1, -0.05) is 36.4 Å². The first-order chi connectivity index (χ1) is 17.0. The van der Waals surface area contributed by atoms with E-state index in [0.29, 0.717) is 5.56 Å². The lowest BCUT2D eigenvalue weighted by Crippen LogP contribution is -2.25. The molecule has 0 unspecified atom stereocenters. The number of hydrazone groups is 1. The standard InChI is InChI=1S/C27H22FN3O4/c1-34-25-13-18(9-12-24(25)35-27(33)21-7-4-8-22(28)14-21)16-30-31-26(32)17-29-23-11-10-19-5-2-3-6-20(19)15-23/h2-16,29H,17H2,1H3,(H,31,32). The van der Waals surface area contributed by atoms with E-state index in [1.165, 1.54) is 37.6 Å². The molecule has 0 fully saturated rings. The molecule has 8 heteroatoms. The van der Waals surface area contributed by atoms with Gasteiger partial charge in [-0.3, -0.25) is 4.79 Å². The van der Waals surface area contributed by atoms with Crippen LogP contribution in [0.4, 0.5) is 10.1 Å². The fourth-order valence-corrected chi connectivity index (χ4v) is 3.32. The van der Waals surface area contributed by atoms with E-state index >= 15 is 0 Å². The number of carbonyl (C=O) groups is 2. The number of benzene rings is 4. The van der Waals surface area contributed by atoms with Crippen LogP contribution in [0.25, 0.3) is 10.8 Å². The minimum Gasteiger partial charge on any atom is -0.493 e. The van der Waals surface area contributed by atoms with Crippen LogP contribution in [0.15, 0.2) is 90.0 Å². The van der Waals surface area contributed by atoms with E-state index in [4.69, 9.17) is 9.47 Å². The summed E-state index contributed by atoms with van der Waals surface area (Å²) in [6.45, 7) is 0.0496. The molecule has 0 heterocycles. The molecular formula is C27H22FN3O4. The van der Waals surface area contributed by atoms with Crippen LogP contribution in [0.2, 0.25) is 0 Å². The lowest BCUT2D eigenvalue weighted by atomic mass is 10.1. The van der Waals surface area contributed by atoms with Gasteiger partial charge in [0.1, 0.15) is 5.82 Å². The summed E-state index contributed by atoms with van der Waals surface area (Å²) in [6.07, 6.45) is 1.44. The van der Waals surface area contributed by atoms with E-state index < -0.39 is 11.8 Å². The summed E-state index contributed by atoms with van der Waals surface area (Å²) in [5.41, 5.74) is 3.97. The van der Waals surface area contributed by atoms with Crippen LogP contribution in [0.5, 0.6) is 11.5 Å². The van der Waals surface area contributed by atoms with Crippen molar-refractivity contribution < 1.29 is 23.5 Å². The maximum Gasteiger partial charge on any atom is 0.343 e. The van der Waals surface area contributed by atoms with Crippen molar-refractivity contribution in [3.05, 3.63) is 102 Å². The van der Waals surface area contributed by atoms with Gasteiger partial charge in [-0.2, -0.15) is 5.10 Å². The average molecular weight is 471 g/mol. The highest BCUT2D eigenvalue weighted by Gasteiger charge is 2.13. The van der Waals surface area contributed by atoms with Gasteiger partial charge >= 0.3 is 5.97 Å². The number of carbonyl (C=O) groups excluding carboxylic acids is 2.